The summed E-state index contributed by atoms with van der Waals surface area (Å²) < 4.78 is 1.14. The van der Waals surface area contributed by atoms with Gasteiger partial charge in [0.05, 0.1) is 0 Å². The van der Waals surface area contributed by atoms with Crippen LogP contribution in [0.3, 0.4) is 0 Å². The van der Waals surface area contributed by atoms with E-state index in [2.05, 4.69) is 39.4 Å². The molecule has 2 unspecified atom stereocenters. The van der Waals surface area contributed by atoms with E-state index in [9.17, 15) is 0 Å². The Hall–Kier alpha value is -0.540. The first-order valence-electron chi connectivity index (χ1n) is 4.47. The zero-order chi connectivity index (χ0) is 9.42. The topological polar surface area (TPSA) is 38.0 Å². The van der Waals surface area contributed by atoms with E-state index in [1.807, 2.05) is 6.92 Å². The van der Waals surface area contributed by atoms with E-state index in [4.69, 9.17) is 5.73 Å². The van der Waals surface area contributed by atoms with Crippen molar-refractivity contribution in [2.75, 3.05) is 5.32 Å². The van der Waals surface area contributed by atoms with Crippen LogP contribution in [0.2, 0.25) is 0 Å². The van der Waals surface area contributed by atoms with Crippen molar-refractivity contribution in [3.8, 4) is 0 Å². The Kier molecular flexibility index (Phi) is 2.30. The fourth-order valence-corrected chi connectivity index (χ4v) is 2.09. The third-order valence-electron chi connectivity index (χ3n) is 2.48. The van der Waals surface area contributed by atoms with Crippen molar-refractivity contribution in [3.63, 3.8) is 0 Å². The van der Waals surface area contributed by atoms with E-state index in [0.29, 0.717) is 6.04 Å². The molecule has 2 nitrogen and oxygen atoms in total. The zero-order valence-electron chi connectivity index (χ0n) is 7.55. The minimum atomic E-state index is 0.200. The van der Waals surface area contributed by atoms with E-state index < -0.39 is 0 Å². The molecule has 1 aromatic carbocycles. The number of hydrogen-bond donors (Lipinski definition) is 2. The van der Waals surface area contributed by atoms with Crippen molar-refractivity contribution >= 4 is 21.6 Å². The van der Waals surface area contributed by atoms with Gasteiger partial charge in [-0.05, 0) is 37.1 Å². The van der Waals surface area contributed by atoms with Crippen molar-refractivity contribution in [1.82, 2.24) is 0 Å². The first kappa shape index (κ1) is 9.03. The molecule has 0 radical (unpaired) electrons. The van der Waals surface area contributed by atoms with Crippen molar-refractivity contribution in [2.24, 2.45) is 5.73 Å². The molecule has 2 atom stereocenters. The molecule has 2 rings (SSSR count). The van der Waals surface area contributed by atoms with Gasteiger partial charge >= 0.3 is 0 Å². The number of anilines is 1. The summed E-state index contributed by atoms with van der Waals surface area (Å²) in [5, 5.41) is 3.42. The number of halogens is 1. The van der Waals surface area contributed by atoms with Crippen molar-refractivity contribution in [1.29, 1.82) is 0 Å². The Morgan fingerprint density at radius 1 is 1.62 bits per heavy atom. The number of fused-ring (bicyclic) bond motifs is 1. The minimum Gasteiger partial charge on any atom is -0.380 e. The third-order valence-corrected chi connectivity index (χ3v) is 2.98. The van der Waals surface area contributed by atoms with Crippen LogP contribution in [0.15, 0.2) is 22.7 Å². The molecule has 0 saturated heterocycles. The van der Waals surface area contributed by atoms with Crippen LogP contribution in [0.4, 0.5) is 5.69 Å². The Labute approximate surface area is 86.6 Å². The van der Waals surface area contributed by atoms with Gasteiger partial charge in [-0.25, -0.2) is 0 Å². The van der Waals surface area contributed by atoms with Gasteiger partial charge < -0.3 is 11.1 Å². The molecule has 70 valence electrons. The highest BCUT2D eigenvalue weighted by atomic mass is 79.9. The van der Waals surface area contributed by atoms with Gasteiger partial charge in [-0.2, -0.15) is 0 Å². The van der Waals surface area contributed by atoms with Crippen molar-refractivity contribution in [2.45, 2.75) is 25.4 Å². The highest BCUT2D eigenvalue weighted by molar-refractivity contribution is 9.10. The second-order valence-corrected chi connectivity index (χ2v) is 4.53. The van der Waals surface area contributed by atoms with E-state index in [1.165, 1.54) is 11.3 Å². The standard InChI is InChI=1S/C10H13BrN2/c1-6(12)10-5-7-4-8(11)2-3-9(7)13-10/h2-4,6,10,13H,5,12H2,1H3. The van der Waals surface area contributed by atoms with Gasteiger partial charge in [0.2, 0.25) is 0 Å². The smallest absolute Gasteiger partial charge is 0.0450 e. The first-order chi connectivity index (χ1) is 6.16. The van der Waals surface area contributed by atoms with Crippen LogP contribution in [0, 0.1) is 0 Å². The van der Waals surface area contributed by atoms with Crippen LogP contribution in [0.5, 0.6) is 0 Å². The number of nitrogens with one attached hydrogen (secondary N) is 1. The maximum absolute atomic E-state index is 5.84. The zero-order valence-corrected chi connectivity index (χ0v) is 9.14. The van der Waals surface area contributed by atoms with Crippen LogP contribution < -0.4 is 11.1 Å². The average molecular weight is 241 g/mol. The second-order valence-electron chi connectivity index (χ2n) is 3.62. The Balaban J connectivity index is 2.25. The van der Waals surface area contributed by atoms with Crippen LogP contribution >= 0.6 is 15.9 Å². The molecular formula is C10H13BrN2. The maximum atomic E-state index is 5.84. The molecule has 0 saturated carbocycles. The SMILES string of the molecule is CC(N)C1Cc2cc(Br)ccc2N1. The highest BCUT2D eigenvalue weighted by Gasteiger charge is 2.22. The Morgan fingerprint density at radius 3 is 3.08 bits per heavy atom. The summed E-state index contributed by atoms with van der Waals surface area (Å²) in [4.78, 5) is 0. The van der Waals surface area contributed by atoms with E-state index in [1.54, 1.807) is 0 Å². The van der Waals surface area contributed by atoms with Crippen LogP contribution in [0.1, 0.15) is 12.5 Å². The van der Waals surface area contributed by atoms with E-state index >= 15 is 0 Å². The van der Waals surface area contributed by atoms with Crippen molar-refractivity contribution < 1.29 is 0 Å². The number of hydrogen-bond acceptors (Lipinski definition) is 2. The fraction of sp³-hybridized carbons (Fsp3) is 0.400. The molecule has 1 aromatic rings. The van der Waals surface area contributed by atoms with E-state index in [0.717, 1.165) is 10.9 Å². The molecule has 0 amide bonds. The predicted octanol–water partition coefficient (Wildman–Crippen LogP) is 2.13. The van der Waals surface area contributed by atoms with Gasteiger partial charge in [0.15, 0.2) is 0 Å². The molecule has 13 heavy (non-hydrogen) atoms. The lowest BCUT2D eigenvalue weighted by atomic mass is 10.1. The summed E-state index contributed by atoms with van der Waals surface area (Å²) in [7, 11) is 0. The summed E-state index contributed by atoms with van der Waals surface area (Å²) in [5.41, 5.74) is 8.43. The van der Waals surface area contributed by atoms with Gasteiger partial charge in [0.25, 0.3) is 0 Å². The van der Waals surface area contributed by atoms with Gasteiger partial charge in [0.1, 0.15) is 0 Å². The second kappa shape index (κ2) is 3.31. The minimum absolute atomic E-state index is 0.200. The summed E-state index contributed by atoms with van der Waals surface area (Å²) in [6.07, 6.45) is 1.03. The van der Waals surface area contributed by atoms with Gasteiger partial charge in [-0.15, -0.1) is 0 Å². The molecule has 0 aliphatic carbocycles. The molecule has 0 aromatic heterocycles. The molecule has 0 spiro atoms. The number of nitrogens with two attached hydrogens (primary N) is 1. The van der Waals surface area contributed by atoms with Gasteiger partial charge in [-0.3, -0.25) is 0 Å². The van der Waals surface area contributed by atoms with Gasteiger partial charge in [-0.1, -0.05) is 15.9 Å². The van der Waals surface area contributed by atoms with Crippen LogP contribution in [-0.4, -0.2) is 12.1 Å². The molecule has 0 fully saturated rings. The highest BCUT2D eigenvalue weighted by Crippen LogP contribution is 2.29. The molecular weight excluding hydrogens is 228 g/mol. The molecule has 3 heteroatoms. The van der Waals surface area contributed by atoms with Crippen LogP contribution in [0.25, 0.3) is 0 Å². The summed E-state index contributed by atoms with van der Waals surface area (Å²) >= 11 is 3.46. The lowest BCUT2D eigenvalue weighted by molar-refractivity contribution is 0.612. The molecule has 1 heterocycles. The lowest BCUT2D eigenvalue weighted by Gasteiger charge is -2.14. The molecule has 3 N–H and O–H groups in total. The monoisotopic (exact) mass is 240 g/mol. The third kappa shape index (κ3) is 1.71. The first-order valence-corrected chi connectivity index (χ1v) is 5.26. The Bertz CT molecular complexity index is 323. The average Bonchev–Trinajstić information content (AvgIpc) is 2.46. The predicted molar refractivity (Wildman–Crippen MR) is 58.9 cm³/mol. The summed E-state index contributed by atoms with van der Waals surface area (Å²) in [5.74, 6) is 0. The van der Waals surface area contributed by atoms with Crippen LogP contribution in [-0.2, 0) is 6.42 Å². The quantitative estimate of drug-likeness (QED) is 0.790. The normalized spacial score (nSPS) is 22.2. The molecule has 1 aliphatic rings. The molecule has 0 bridgehead atoms. The largest absolute Gasteiger partial charge is 0.380 e. The number of benzene rings is 1. The Morgan fingerprint density at radius 2 is 2.38 bits per heavy atom. The van der Waals surface area contributed by atoms with Gasteiger partial charge in [0, 0.05) is 22.2 Å². The summed E-state index contributed by atoms with van der Waals surface area (Å²) in [6, 6.07) is 6.90. The lowest BCUT2D eigenvalue weighted by Crippen LogP contribution is -2.36. The maximum Gasteiger partial charge on any atom is 0.0450 e. The summed E-state index contributed by atoms with van der Waals surface area (Å²) in [6.45, 7) is 2.04. The number of rotatable bonds is 1. The molecule has 1 aliphatic heterocycles. The van der Waals surface area contributed by atoms with E-state index in [-0.39, 0.29) is 6.04 Å². The fourth-order valence-electron chi connectivity index (χ4n) is 1.68. The van der Waals surface area contributed by atoms with Crippen molar-refractivity contribution in [3.05, 3.63) is 28.2 Å².